The number of carbonyl (C=O) groups excluding carboxylic acids is 2. The lowest BCUT2D eigenvalue weighted by Crippen LogP contribution is -2.50. The number of alkyl halides is 3. The molecule has 2 aliphatic heterocycles. The molecular formula is C19H14ClF3N4O4. The Balaban J connectivity index is 1.70. The third kappa shape index (κ3) is 3.65. The number of benzene rings is 1. The van der Waals surface area contributed by atoms with Gasteiger partial charge in [-0.05, 0) is 30.3 Å². The molecule has 0 saturated carbocycles. The Bertz CT molecular complexity index is 1090. The second-order valence-electron chi connectivity index (χ2n) is 6.88. The zero-order valence-electron chi connectivity index (χ0n) is 15.9. The maximum Gasteiger partial charge on any atom is 0.416 e. The molecule has 0 aliphatic carbocycles. The number of anilines is 1. The fourth-order valence-electron chi connectivity index (χ4n) is 3.39. The van der Waals surface area contributed by atoms with Gasteiger partial charge in [-0.25, -0.2) is 14.8 Å². The number of hydrogen-bond donors (Lipinski definition) is 1. The van der Waals surface area contributed by atoms with E-state index < -0.39 is 29.2 Å². The molecule has 1 aromatic heterocycles. The number of nitrogens with zero attached hydrogens (tertiary/aromatic N) is 3. The zero-order valence-corrected chi connectivity index (χ0v) is 16.6. The molecule has 0 fully saturated rings. The van der Waals surface area contributed by atoms with Gasteiger partial charge >= 0.3 is 18.2 Å². The first-order valence-electron chi connectivity index (χ1n) is 8.86. The molecular weight excluding hydrogens is 441 g/mol. The van der Waals surface area contributed by atoms with Crippen molar-refractivity contribution in [3.05, 3.63) is 52.8 Å². The van der Waals surface area contributed by atoms with Gasteiger partial charge in [-0.3, -0.25) is 4.79 Å². The summed E-state index contributed by atoms with van der Waals surface area (Å²) < 4.78 is 49.5. The van der Waals surface area contributed by atoms with Crippen molar-refractivity contribution < 1.29 is 32.2 Å². The Hall–Kier alpha value is -3.34. The topological polar surface area (TPSA) is 93.1 Å². The fourth-order valence-corrected chi connectivity index (χ4v) is 3.50. The lowest BCUT2D eigenvalue weighted by molar-refractivity contribution is -0.150. The largest absolute Gasteiger partial charge is 0.491 e. The first-order chi connectivity index (χ1) is 14.6. The number of aromatic nitrogens is 1. The van der Waals surface area contributed by atoms with Gasteiger partial charge in [0.15, 0.2) is 5.41 Å². The van der Waals surface area contributed by atoms with E-state index in [-0.39, 0.29) is 35.3 Å². The Kier molecular flexibility index (Phi) is 5.00. The Morgan fingerprint density at radius 2 is 2.06 bits per heavy atom. The van der Waals surface area contributed by atoms with Gasteiger partial charge < -0.3 is 14.8 Å². The molecule has 162 valence electrons. The summed E-state index contributed by atoms with van der Waals surface area (Å²) in [5, 5.41) is 8.03. The van der Waals surface area contributed by atoms with E-state index in [1.807, 2.05) is 0 Å². The van der Waals surface area contributed by atoms with Gasteiger partial charge in [0.2, 0.25) is 0 Å². The van der Waals surface area contributed by atoms with Crippen molar-refractivity contribution >= 4 is 35.0 Å². The fraction of sp³-hybridized carbons (Fsp3) is 0.263. The SMILES string of the molecule is COC(=O)C12COc3cc(C(F)(F)F)ccc3C1=NN(C(=O)Nc1ccc(Cl)nc1)C2. The lowest BCUT2D eigenvalue weighted by atomic mass is 9.78. The van der Waals surface area contributed by atoms with Crippen LogP contribution in [0, 0.1) is 5.41 Å². The molecule has 1 aromatic carbocycles. The smallest absolute Gasteiger partial charge is 0.416 e. The van der Waals surface area contributed by atoms with Crippen molar-refractivity contribution in [2.24, 2.45) is 10.5 Å². The molecule has 1 unspecified atom stereocenters. The minimum Gasteiger partial charge on any atom is -0.491 e. The second kappa shape index (κ2) is 7.41. The molecule has 1 atom stereocenters. The van der Waals surface area contributed by atoms with Crippen LogP contribution < -0.4 is 10.1 Å². The standard InChI is InChI=1S/C19H14ClF3N4O4/c1-30-16(28)18-8-27(17(29)25-11-3-5-14(20)24-7-11)26-15(18)12-4-2-10(19(21,22)23)6-13(12)31-9-18/h2-7H,8-9H2,1H3,(H,25,29). The normalized spacial score (nSPS) is 19.6. The molecule has 3 heterocycles. The van der Waals surface area contributed by atoms with Gasteiger partial charge in [-0.2, -0.15) is 18.3 Å². The molecule has 1 N–H and O–H groups in total. The van der Waals surface area contributed by atoms with Crippen LogP contribution in [0.25, 0.3) is 0 Å². The number of carbonyl (C=O) groups is 2. The number of rotatable bonds is 2. The van der Waals surface area contributed by atoms with Crippen molar-refractivity contribution in [3.8, 4) is 5.75 Å². The van der Waals surface area contributed by atoms with Crippen LogP contribution in [-0.2, 0) is 15.7 Å². The average Bonchev–Trinajstić information content (AvgIpc) is 3.15. The van der Waals surface area contributed by atoms with Crippen LogP contribution in [0.5, 0.6) is 5.75 Å². The predicted molar refractivity (Wildman–Crippen MR) is 103 cm³/mol. The highest BCUT2D eigenvalue weighted by Crippen LogP contribution is 2.43. The molecule has 12 heteroatoms. The lowest BCUT2D eigenvalue weighted by Gasteiger charge is -2.32. The molecule has 0 saturated heterocycles. The number of esters is 1. The minimum absolute atomic E-state index is 0.0859. The number of nitrogens with one attached hydrogen (secondary N) is 1. The molecule has 2 amide bonds. The highest BCUT2D eigenvalue weighted by atomic mass is 35.5. The van der Waals surface area contributed by atoms with E-state index in [4.69, 9.17) is 21.1 Å². The van der Waals surface area contributed by atoms with E-state index in [0.29, 0.717) is 5.69 Å². The molecule has 0 bridgehead atoms. The number of amides is 2. The summed E-state index contributed by atoms with van der Waals surface area (Å²) in [6.45, 7) is -0.554. The highest BCUT2D eigenvalue weighted by Gasteiger charge is 2.56. The first kappa shape index (κ1) is 20.9. The third-order valence-electron chi connectivity index (χ3n) is 4.92. The monoisotopic (exact) mass is 454 g/mol. The number of urea groups is 1. The summed E-state index contributed by atoms with van der Waals surface area (Å²) in [4.78, 5) is 29.2. The molecule has 0 radical (unpaired) electrons. The quantitative estimate of drug-likeness (QED) is 0.553. The van der Waals surface area contributed by atoms with Gasteiger partial charge in [0.25, 0.3) is 0 Å². The number of ether oxygens (including phenoxy) is 2. The molecule has 8 nitrogen and oxygen atoms in total. The van der Waals surface area contributed by atoms with Gasteiger partial charge in [0.05, 0.1) is 36.8 Å². The molecule has 31 heavy (non-hydrogen) atoms. The molecule has 0 spiro atoms. The third-order valence-corrected chi connectivity index (χ3v) is 5.14. The number of halogens is 4. The van der Waals surface area contributed by atoms with Crippen molar-refractivity contribution in [3.63, 3.8) is 0 Å². The Morgan fingerprint density at radius 1 is 1.29 bits per heavy atom. The van der Waals surface area contributed by atoms with Crippen molar-refractivity contribution in [2.75, 3.05) is 25.6 Å². The van der Waals surface area contributed by atoms with Gasteiger partial charge in [0, 0.05) is 5.56 Å². The maximum atomic E-state index is 13.0. The molecule has 2 aliphatic rings. The van der Waals surface area contributed by atoms with Crippen LogP contribution in [0.1, 0.15) is 11.1 Å². The molecule has 4 rings (SSSR count). The van der Waals surface area contributed by atoms with Crippen LogP contribution in [0.3, 0.4) is 0 Å². The summed E-state index contributed by atoms with van der Waals surface area (Å²) in [6.07, 6.45) is -3.23. The number of hydrogen-bond acceptors (Lipinski definition) is 6. The first-order valence-corrected chi connectivity index (χ1v) is 9.24. The van der Waals surface area contributed by atoms with E-state index in [2.05, 4.69) is 15.4 Å². The Morgan fingerprint density at radius 3 is 2.71 bits per heavy atom. The van der Waals surface area contributed by atoms with Gasteiger partial charge in [-0.15, -0.1) is 0 Å². The number of pyridine rings is 1. The molecule has 2 aromatic rings. The summed E-state index contributed by atoms with van der Waals surface area (Å²) in [5.74, 6) is -0.808. The summed E-state index contributed by atoms with van der Waals surface area (Å²) >= 11 is 5.72. The van der Waals surface area contributed by atoms with E-state index >= 15 is 0 Å². The van der Waals surface area contributed by atoms with Crippen LogP contribution in [0.15, 0.2) is 41.6 Å². The average molecular weight is 455 g/mol. The second-order valence-corrected chi connectivity index (χ2v) is 7.26. The van der Waals surface area contributed by atoms with Crippen LogP contribution >= 0.6 is 11.6 Å². The zero-order chi connectivity index (χ0) is 22.4. The highest BCUT2D eigenvalue weighted by molar-refractivity contribution is 6.29. The van der Waals surface area contributed by atoms with E-state index in [1.54, 1.807) is 0 Å². The number of methoxy groups -OCH3 is 1. The van der Waals surface area contributed by atoms with Crippen LogP contribution in [-0.4, -0.2) is 48.0 Å². The number of fused-ring (bicyclic) bond motifs is 3. The van der Waals surface area contributed by atoms with Crippen molar-refractivity contribution in [1.82, 2.24) is 9.99 Å². The number of hydrazone groups is 1. The predicted octanol–water partition coefficient (Wildman–Crippen LogP) is 3.56. The minimum atomic E-state index is -4.56. The summed E-state index contributed by atoms with van der Waals surface area (Å²) in [7, 11) is 1.17. The summed E-state index contributed by atoms with van der Waals surface area (Å²) in [5.41, 5.74) is -1.77. The van der Waals surface area contributed by atoms with Gasteiger partial charge in [-0.1, -0.05) is 11.6 Å². The van der Waals surface area contributed by atoms with E-state index in [1.165, 1.54) is 31.5 Å². The van der Waals surface area contributed by atoms with E-state index in [9.17, 15) is 22.8 Å². The van der Waals surface area contributed by atoms with Crippen LogP contribution in [0.2, 0.25) is 5.15 Å². The van der Waals surface area contributed by atoms with E-state index in [0.717, 1.165) is 17.1 Å². The Labute approximate surface area is 178 Å². The van der Waals surface area contributed by atoms with Gasteiger partial charge in [0.1, 0.15) is 17.5 Å². The maximum absolute atomic E-state index is 13.0. The summed E-state index contributed by atoms with van der Waals surface area (Å²) in [6, 6.07) is 5.18. The van der Waals surface area contributed by atoms with Crippen LogP contribution in [0.4, 0.5) is 23.7 Å². The van der Waals surface area contributed by atoms with Crippen molar-refractivity contribution in [2.45, 2.75) is 6.18 Å². The van der Waals surface area contributed by atoms with Crippen molar-refractivity contribution in [1.29, 1.82) is 0 Å².